The van der Waals surface area contributed by atoms with E-state index in [9.17, 15) is 4.79 Å². The maximum atomic E-state index is 12.8. The van der Waals surface area contributed by atoms with Gasteiger partial charge in [0.1, 0.15) is 11.5 Å². The molecular formula is C24H29N3O3. The Balaban J connectivity index is 1.35. The molecular weight excluding hydrogens is 378 g/mol. The number of nitrogens with one attached hydrogen (secondary N) is 2. The number of ether oxygens (including phenoxy) is 2. The van der Waals surface area contributed by atoms with E-state index in [1.54, 1.807) is 26.4 Å². The molecule has 0 spiro atoms. The lowest BCUT2D eigenvalue weighted by Gasteiger charge is -2.32. The maximum Gasteiger partial charge on any atom is 0.251 e. The molecule has 4 rings (SSSR count). The largest absolute Gasteiger partial charge is 0.496 e. The number of carbonyl (C=O) groups is 1. The Bertz CT molecular complexity index is 1010. The van der Waals surface area contributed by atoms with Crippen LogP contribution in [0.2, 0.25) is 0 Å². The fourth-order valence-corrected chi connectivity index (χ4v) is 4.22. The second-order valence-corrected chi connectivity index (χ2v) is 7.89. The summed E-state index contributed by atoms with van der Waals surface area (Å²) in [7, 11) is 3.21. The Morgan fingerprint density at radius 1 is 1.13 bits per heavy atom. The topological polar surface area (TPSA) is 66.6 Å². The molecule has 1 amide bonds. The summed E-state index contributed by atoms with van der Waals surface area (Å²) in [5.41, 5.74) is 3.96. The van der Waals surface area contributed by atoms with Crippen molar-refractivity contribution in [3.63, 3.8) is 0 Å². The van der Waals surface area contributed by atoms with Gasteiger partial charge in [-0.05, 0) is 43.5 Å². The van der Waals surface area contributed by atoms with Crippen molar-refractivity contribution in [2.75, 3.05) is 27.3 Å². The molecule has 6 heteroatoms. The van der Waals surface area contributed by atoms with Gasteiger partial charge in [-0.3, -0.25) is 9.69 Å². The van der Waals surface area contributed by atoms with Crippen molar-refractivity contribution in [2.45, 2.75) is 32.4 Å². The van der Waals surface area contributed by atoms with E-state index in [1.807, 2.05) is 6.92 Å². The lowest BCUT2D eigenvalue weighted by molar-refractivity contribution is 0.0908. The van der Waals surface area contributed by atoms with Crippen LogP contribution in [0, 0.1) is 6.92 Å². The highest BCUT2D eigenvalue weighted by molar-refractivity contribution is 5.95. The summed E-state index contributed by atoms with van der Waals surface area (Å²) in [6.45, 7) is 4.77. The number of carbonyl (C=O) groups excluding carboxylic acids is 1. The highest BCUT2D eigenvalue weighted by Gasteiger charge is 2.23. The van der Waals surface area contributed by atoms with E-state index in [0.717, 1.165) is 38.0 Å². The van der Waals surface area contributed by atoms with E-state index < -0.39 is 0 Å². The average Bonchev–Trinajstić information content (AvgIpc) is 3.18. The van der Waals surface area contributed by atoms with Crippen LogP contribution in [0.1, 0.15) is 34.3 Å². The first-order valence-electron chi connectivity index (χ1n) is 10.4. The molecule has 1 saturated heterocycles. The van der Waals surface area contributed by atoms with E-state index >= 15 is 0 Å². The number of methoxy groups -OCH3 is 2. The molecule has 0 aliphatic carbocycles. The normalized spacial score (nSPS) is 15.3. The number of aromatic amines is 1. The Hall–Kier alpha value is -2.99. The van der Waals surface area contributed by atoms with E-state index in [0.29, 0.717) is 17.1 Å². The first-order chi connectivity index (χ1) is 14.6. The molecule has 0 bridgehead atoms. The number of rotatable bonds is 6. The molecule has 6 nitrogen and oxygen atoms in total. The van der Waals surface area contributed by atoms with Crippen molar-refractivity contribution in [2.24, 2.45) is 0 Å². The van der Waals surface area contributed by atoms with E-state index in [1.165, 1.54) is 16.5 Å². The third-order valence-corrected chi connectivity index (χ3v) is 6.01. The van der Waals surface area contributed by atoms with Crippen molar-refractivity contribution in [1.29, 1.82) is 0 Å². The van der Waals surface area contributed by atoms with Crippen LogP contribution in [0.25, 0.3) is 10.9 Å². The molecule has 1 aliphatic rings. The van der Waals surface area contributed by atoms with E-state index in [-0.39, 0.29) is 11.9 Å². The molecule has 2 heterocycles. The van der Waals surface area contributed by atoms with Crippen molar-refractivity contribution >= 4 is 16.8 Å². The number of nitrogens with zero attached hydrogens (tertiary/aromatic N) is 1. The van der Waals surface area contributed by atoms with Crippen LogP contribution < -0.4 is 14.8 Å². The summed E-state index contributed by atoms with van der Waals surface area (Å²) < 4.78 is 10.8. The average molecular weight is 408 g/mol. The number of piperidine rings is 1. The minimum Gasteiger partial charge on any atom is -0.496 e. The molecule has 2 N–H and O–H groups in total. The van der Waals surface area contributed by atoms with Gasteiger partial charge in [0.2, 0.25) is 0 Å². The summed E-state index contributed by atoms with van der Waals surface area (Å²) in [5, 5.41) is 4.47. The quantitative estimate of drug-likeness (QED) is 0.651. The Morgan fingerprint density at radius 2 is 1.80 bits per heavy atom. The predicted molar refractivity (Wildman–Crippen MR) is 118 cm³/mol. The van der Waals surface area contributed by atoms with Crippen molar-refractivity contribution in [1.82, 2.24) is 15.2 Å². The molecule has 0 atom stereocenters. The summed E-state index contributed by atoms with van der Waals surface area (Å²) in [6, 6.07) is 12.1. The number of fused-ring (bicyclic) bond motifs is 1. The standard InChI is InChI=1S/C24H29N3O3/c1-16-22(29-2)12-17(13-23(16)30-3)24(28)26-19-8-10-27(11-9-19)15-18-14-25-21-7-5-4-6-20(18)21/h4-7,12-14,19,25H,8-11,15H2,1-3H3,(H,26,28). The van der Waals surface area contributed by atoms with Crippen LogP contribution in [0.4, 0.5) is 0 Å². The Kier molecular flexibility index (Phi) is 5.95. The lowest BCUT2D eigenvalue weighted by Crippen LogP contribution is -2.44. The molecule has 1 fully saturated rings. The van der Waals surface area contributed by atoms with Crippen LogP contribution in [-0.2, 0) is 6.54 Å². The third kappa shape index (κ3) is 4.14. The van der Waals surface area contributed by atoms with Gasteiger partial charge in [-0.25, -0.2) is 0 Å². The summed E-state index contributed by atoms with van der Waals surface area (Å²) in [5.74, 6) is 1.24. The monoisotopic (exact) mass is 407 g/mol. The number of likely N-dealkylation sites (tertiary alicyclic amines) is 1. The molecule has 1 aliphatic heterocycles. The Labute approximate surface area is 177 Å². The first-order valence-corrected chi connectivity index (χ1v) is 10.4. The minimum atomic E-state index is -0.0818. The van der Waals surface area contributed by atoms with Gasteiger partial charge >= 0.3 is 0 Å². The highest BCUT2D eigenvalue weighted by atomic mass is 16.5. The van der Waals surface area contributed by atoms with Crippen LogP contribution in [-0.4, -0.2) is 49.1 Å². The number of para-hydroxylation sites is 1. The number of aromatic nitrogens is 1. The maximum absolute atomic E-state index is 12.8. The molecule has 2 aromatic carbocycles. The smallest absolute Gasteiger partial charge is 0.251 e. The molecule has 0 radical (unpaired) electrons. The van der Waals surface area contributed by atoms with Gasteiger partial charge in [0, 0.05) is 53.9 Å². The highest BCUT2D eigenvalue weighted by Crippen LogP contribution is 2.29. The van der Waals surface area contributed by atoms with Gasteiger partial charge < -0.3 is 19.8 Å². The van der Waals surface area contributed by atoms with Gasteiger partial charge in [0.05, 0.1) is 14.2 Å². The number of H-pyrrole nitrogens is 1. The van der Waals surface area contributed by atoms with Gasteiger partial charge in [-0.2, -0.15) is 0 Å². The summed E-state index contributed by atoms with van der Waals surface area (Å²) in [4.78, 5) is 18.6. The van der Waals surface area contributed by atoms with Gasteiger partial charge in [0.25, 0.3) is 5.91 Å². The number of hydrogen-bond donors (Lipinski definition) is 2. The summed E-state index contributed by atoms with van der Waals surface area (Å²) in [6.07, 6.45) is 3.99. The molecule has 1 aromatic heterocycles. The van der Waals surface area contributed by atoms with Crippen molar-refractivity contribution in [3.8, 4) is 11.5 Å². The second kappa shape index (κ2) is 8.79. The second-order valence-electron chi connectivity index (χ2n) is 7.89. The summed E-state index contributed by atoms with van der Waals surface area (Å²) >= 11 is 0. The molecule has 0 saturated carbocycles. The molecule has 3 aromatic rings. The van der Waals surface area contributed by atoms with Crippen molar-refractivity contribution < 1.29 is 14.3 Å². The van der Waals surface area contributed by atoms with Crippen LogP contribution in [0.5, 0.6) is 11.5 Å². The van der Waals surface area contributed by atoms with Gasteiger partial charge in [-0.15, -0.1) is 0 Å². The minimum absolute atomic E-state index is 0.0818. The van der Waals surface area contributed by atoms with Crippen LogP contribution in [0.3, 0.4) is 0 Å². The number of amides is 1. The Morgan fingerprint density at radius 3 is 2.47 bits per heavy atom. The molecule has 158 valence electrons. The molecule has 30 heavy (non-hydrogen) atoms. The predicted octanol–water partition coefficient (Wildman–Crippen LogP) is 3.89. The van der Waals surface area contributed by atoms with Gasteiger partial charge in [-0.1, -0.05) is 18.2 Å². The van der Waals surface area contributed by atoms with Crippen LogP contribution in [0.15, 0.2) is 42.6 Å². The fraction of sp³-hybridized carbons (Fsp3) is 0.375. The lowest BCUT2D eigenvalue weighted by atomic mass is 10.0. The number of benzene rings is 2. The zero-order valence-electron chi connectivity index (χ0n) is 17.8. The SMILES string of the molecule is COc1cc(C(=O)NC2CCN(Cc3c[nH]c4ccccc34)CC2)cc(OC)c1C. The zero-order valence-corrected chi connectivity index (χ0v) is 17.8. The third-order valence-electron chi connectivity index (χ3n) is 6.01. The van der Waals surface area contributed by atoms with Crippen LogP contribution >= 0.6 is 0 Å². The van der Waals surface area contributed by atoms with Crippen molar-refractivity contribution in [3.05, 3.63) is 59.3 Å². The number of hydrogen-bond acceptors (Lipinski definition) is 4. The van der Waals surface area contributed by atoms with Gasteiger partial charge in [0.15, 0.2) is 0 Å². The van der Waals surface area contributed by atoms with E-state index in [2.05, 4.69) is 45.7 Å². The molecule has 0 unspecified atom stereocenters. The first kappa shape index (κ1) is 20.3. The zero-order chi connectivity index (χ0) is 21.1. The van der Waals surface area contributed by atoms with E-state index in [4.69, 9.17) is 9.47 Å². The fourth-order valence-electron chi connectivity index (χ4n) is 4.22.